The van der Waals surface area contributed by atoms with Crippen LogP contribution in [0.1, 0.15) is 63.5 Å². The monoisotopic (exact) mass is 609 g/mol. The van der Waals surface area contributed by atoms with E-state index in [4.69, 9.17) is 14.5 Å². The molecule has 0 amide bonds. The fraction of sp³-hybridized carbons (Fsp3) is 0.424. The summed E-state index contributed by atoms with van der Waals surface area (Å²) in [4.78, 5) is 29.9. The van der Waals surface area contributed by atoms with E-state index >= 15 is 0 Å². The highest BCUT2D eigenvalue weighted by molar-refractivity contribution is 5.83. The molecule has 0 radical (unpaired) electrons. The van der Waals surface area contributed by atoms with Crippen molar-refractivity contribution in [2.45, 2.75) is 64.1 Å². The molecule has 1 atom stereocenters. The van der Waals surface area contributed by atoms with Gasteiger partial charge in [0.05, 0.1) is 23.6 Å². The molecule has 234 valence electrons. The summed E-state index contributed by atoms with van der Waals surface area (Å²) in [5.41, 5.74) is 2.99. The summed E-state index contributed by atoms with van der Waals surface area (Å²) in [5, 5.41) is 22.2. The lowest BCUT2D eigenvalue weighted by Crippen LogP contribution is -2.51. The summed E-state index contributed by atoms with van der Waals surface area (Å²) in [5.74, 6) is 1.89. The second kappa shape index (κ2) is 11.8. The molecule has 2 bridgehead atoms. The highest BCUT2D eigenvalue weighted by Crippen LogP contribution is 2.42. The number of fused-ring (bicyclic) bond motifs is 4. The number of piperidine rings is 3. The second-order valence-electron chi connectivity index (χ2n) is 12.4. The van der Waals surface area contributed by atoms with Crippen molar-refractivity contribution in [3.63, 3.8) is 0 Å². The van der Waals surface area contributed by atoms with Gasteiger partial charge in [-0.05, 0) is 83.4 Å². The van der Waals surface area contributed by atoms with Gasteiger partial charge in [-0.1, -0.05) is 35.5 Å². The number of hydrogen-bond donors (Lipinski definition) is 3. The molecule has 0 aliphatic carbocycles. The zero-order valence-electron chi connectivity index (χ0n) is 25.9. The summed E-state index contributed by atoms with van der Waals surface area (Å²) in [7, 11) is 0. The zero-order valence-corrected chi connectivity index (χ0v) is 25.9. The maximum atomic E-state index is 13.0. The highest BCUT2D eigenvalue weighted by Gasteiger charge is 2.44. The van der Waals surface area contributed by atoms with E-state index < -0.39 is 6.04 Å². The Morgan fingerprint density at radius 1 is 1.04 bits per heavy atom. The van der Waals surface area contributed by atoms with E-state index in [0.717, 1.165) is 61.5 Å². The van der Waals surface area contributed by atoms with E-state index in [1.807, 2.05) is 60.1 Å². The first-order chi connectivity index (χ1) is 21.9. The predicted octanol–water partition coefficient (Wildman–Crippen LogP) is 4.87. The average molecular weight is 610 g/mol. The molecule has 3 fully saturated rings. The van der Waals surface area contributed by atoms with E-state index in [0.29, 0.717) is 35.2 Å². The highest BCUT2D eigenvalue weighted by atomic mass is 16.5. The Hall–Kier alpha value is -4.55. The Labute approximate surface area is 261 Å². The lowest BCUT2D eigenvalue weighted by Gasteiger charge is -2.46. The molecule has 3 N–H and O–H groups in total. The number of nitrogens with zero attached hydrogens (tertiary/aromatic N) is 7. The smallest absolute Gasteiger partial charge is 0.274 e. The van der Waals surface area contributed by atoms with Gasteiger partial charge in [-0.2, -0.15) is 9.97 Å². The van der Waals surface area contributed by atoms with Crippen LogP contribution in [0.5, 0.6) is 0 Å². The van der Waals surface area contributed by atoms with Crippen LogP contribution in [0.2, 0.25) is 0 Å². The molecule has 0 saturated carbocycles. The molecule has 0 spiro atoms. The first-order valence-electron chi connectivity index (χ1n) is 15.8. The molecule has 45 heavy (non-hydrogen) atoms. The topological polar surface area (TPSA) is 139 Å². The summed E-state index contributed by atoms with van der Waals surface area (Å²) in [6.07, 6.45) is 4.74. The summed E-state index contributed by atoms with van der Waals surface area (Å²) in [6.45, 7) is 9.69. The van der Waals surface area contributed by atoms with Gasteiger partial charge in [0.2, 0.25) is 5.95 Å². The van der Waals surface area contributed by atoms with Gasteiger partial charge in [-0.3, -0.25) is 9.48 Å². The number of aliphatic hydroxyl groups excluding tert-OH is 1. The van der Waals surface area contributed by atoms with Crippen molar-refractivity contribution in [3.8, 4) is 11.5 Å². The van der Waals surface area contributed by atoms with Crippen molar-refractivity contribution >= 4 is 28.4 Å². The fourth-order valence-corrected chi connectivity index (χ4v) is 6.83. The Morgan fingerprint density at radius 2 is 1.80 bits per heavy atom. The van der Waals surface area contributed by atoms with Crippen molar-refractivity contribution in [2.75, 3.05) is 36.9 Å². The van der Waals surface area contributed by atoms with Gasteiger partial charge in [0.25, 0.3) is 11.4 Å². The Bertz CT molecular complexity index is 1860. The van der Waals surface area contributed by atoms with Gasteiger partial charge < -0.3 is 25.2 Å². The summed E-state index contributed by atoms with van der Waals surface area (Å²) < 4.78 is 9.65. The van der Waals surface area contributed by atoms with E-state index in [2.05, 4.69) is 39.5 Å². The van der Waals surface area contributed by atoms with Crippen LogP contribution in [-0.4, -0.2) is 65.7 Å². The minimum Gasteiger partial charge on any atom is -0.394 e. The third-order valence-electron chi connectivity index (χ3n) is 9.35. The van der Waals surface area contributed by atoms with Gasteiger partial charge >= 0.3 is 0 Å². The van der Waals surface area contributed by atoms with Crippen molar-refractivity contribution in [1.29, 1.82) is 0 Å². The molecule has 3 aliphatic rings. The molecule has 5 aromatic rings. The van der Waals surface area contributed by atoms with E-state index in [1.54, 1.807) is 10.9 Å². The largest absolute Gasteiger partial charge is 0.394 e. The second-order valence-corrected chi connectivity index (χ2v) is 12.4. The molecule has 3 aromatic heterocycles. The first kappa shape index (κ1) is 29.2. The standard InChI is InChI=1S/C33H39N9O3/c1-4-41-30(44)24-11-10-23(18-27(24)42(41)21(2)3)35-32-34-19-25(28(37-32)36-26(20-43)22-8-6-5-7-9-22)29-38-31(39-45-29)33-12-15-40(16-13-33)17-14-33/h5-11,18-19,21,26,43H,4,12-17,20H2,1-3H3,(H2,34,35,36,37)/t26-/m1/s1. The van der Waals surface area contributed by atoms with E-state index in [9.17, 15) is 9.90 Å². The van der Waals surface area contributed by atoms with Gasteiger partial charge in [0.15, 0.2) is 5.82 Å². The van der Waals surface area contributed by atoms with Crippen LogP contribution in [0.15, 0.2) is 64.0 Å². The van der Waals surface area contributed by atoms with Crippen LogP contribution in [0.3, 0.4) is 0 Å². The number of aliphatic hydroxyl groups is 1. The molecule has 12 heteroatoms. The maximum Gasteiger partial charge on any atom is 0.274 e. The van der Waals surface area contributed by atoms with Crippen LogP contribution in [-0.2, 0) is 12.0 Å². The van der Waals surface area contributed by atoms with Crippen molar-refractivity contribution < 1.29 is 9.63 Å². The molecular weight excluding hydrogens is 570 g/mol. The number of benzene rings is 2. The Kier molecular flexibility index (Phi) is 7.62. The van der Waals surface area contributed by atoms with Crippen molar-refractivity contribution in [1.82, 2.24) is 34.4 Å². The number of hydrogen-bond acceptors (Lipinski definition) is 10. The predicted molar refractivity (Wildman–Crippen MR) is 173 cm³/mol. The Morgan fingerprint density at radius 3 is 2.49 bits per heavy atom. The molecule has 6 heterocycles. The third kappa shape index (κ3) is 5.27. The molecule has 2 aromatic carbocycles. The van der Waals surface area contributed by atoms with E-state index in [-0.39, 0.29) is 23.6 Å². The van der Waals surface area contributed by atoms with Gasteiger partial charge in [-0.25, -0.2) is 9.67 Å². The quantitative estimate of drug-likeness (QED) is 0.201. The molecule has 3 saturated heterocycles. The summed E-state index contributed by atoms with van der Waals surface area (Å²) in [6, 6.07) is 15.0. The van der Waals surface area contributed by atoms with Crippen LogP contribution in [0.25, 0.3) is 22.4 Å². The number of rotatable bonds is 10. The van der Waals surface area contributed by atoms with Crippen LogP contribution < -0.4 is 16.2 Å². The number of anilines is 3. The van der Waals surface area contributed by atoms with Crippen molar-refractivity contribution in [2.24, 2.45) is 0 Å². The Balaban J connectivity index is 1.25. The molecule has 8 rings (SSSR count). The molecule has 12 nitrogen and oxygen atoms in total. The molecular formula is C33H39N9O3. The molecule has 0 unspecified atom stereocenters. The average Bonchev–Trinajstić information content (AvgIpc) is 3.68. The minimum absolute atomic E-state index is 0.00644. The zero-order chi connectivity index (χ0) is 31.1. The normalized spacial score (nSPS) is 20.2. The van der Waals surface area contributed by atoms with Crippen molar-refractivity contribution in [3.05, 3.63) is 76.5 Å². The van der Waals surface area contributed by atoms with E-state index in [1.165, 1.54) is 0 Å². The SMILES string of the molecule is CCn1c(=O)c2ccc(Nc3ncc(-c4nc(C56CCN(CC5)CC6)no4)c(N[C@H](CO)c4ccccc4)n3)cc2n1C(C)C. The lowest BCUT2D eigenvalue weighted by molar-refractivity contribution is 0.0747. The first-order valence-corrected chi connectivity index (χ1v) is 15.8. The van der Waals surface area contributed by atoms with Gasteiger partial charge in [0, 0.05) is 29.9 Å². The fourth-order valence-electron chi connectivity index (χ4n) is 6.83. The van der Waals surface area contributed by atoms with Crippen LogP contribution >= 0.6 is 0 Å². The maximum absolute atomic E-state index is 13.0. The van der Waals surface area contributed by atoms with Gasteiger partial charge in [0.1, 0.15) is 11.4 Å². The third-order valence-corrected chi connectivity index (χ3v) is 9.35. The van der Waals surface area contributed by atoms with Crippen LogP contribution in [0.4, 0.5) is 17.5 Å². The lowest BCUT2D eigenvalue weighted by atomic mass is 9.71. The molecule has 3 aliphatic heterocycles. The van der Waals surface area contributed by atoms with Gasteiger partial charge in [-0.15, -0.1) is 0 Å². The number of aromatic nitrogens is 6. The summed E-state index contributed by atoms with van der Waals surface area (Å²) >= 11 is 0. The minimum atomic E-state index is -0.429. The number of nitrogens with one attached hydrogen (secondary N) is 2. The van der Waals surface area contributed by atoms with Crippen LogP contribution in [0, 0.1) is 0 Å².